The summed E-state index contributed by atoms with van der Waals surface area (Å²) in [4.78, 5) is 0. The Hall–Kier alpha value is -1.40. The van der Waals surface area contributed by atoms with E-state index in [9.17, 15) is 9.65 Å². The van der Waals surface area contributed by atoms with Crippen molar-refractivity contribution in [2.45, 2.75) is 37.9 Å². The maximum absolute atomic E-state index is 13.1. The third kappa shape index (κ3) is 1.73. The Morgan fingerprint density at radius 3 is 2.94 bits per heavy atom. The average molecular weight is 231 g/mol. The molecule has 0 spiro atoms. The standard InChI is InChI=1S/C14H14FNO/c15-11-3-1-2-10(6-11)7-14(9-16)8-12-4-5-13(14)17-12/h1-3,6,12-13H,4-5,7-8H2. The van der Waals surface area contributed by atoms with Gasteiger partial charge in [0.2, 0.25) is 0 Å². The quantitative estimate of drug-likeness (QED) is 0.784. The highest BCUT2D eigenvalue weighted by Crippen LogP contribution is 2.49. The number of ether oxygens (including phenoxy) is 1. The molecule has 3 unspecified atom stereocenters. The Bertz CT molecular complexity index is 481. The van der Waals surface area contributed by atoms with E-state index in [4.69, 9.17) is 4.74 Å². The van der Waals surface area contributed by atoms with Crippen LogP contribution in [0.4, 0.5) is 4.39 Å². The molecule has 2 bridgehead atoms. The number of benzene rings is 1. The fraction of sp³-hybridized carbons (Fsp3) is 0.500. The Morgan fingerprint density at radius 1 is 1.47 bits per heavy atom. The van der Waals surface area contributed by atoms with Gasteiger partial charge in [-0.25, -0.2) is 4.39 Å². The summed E-state index contributed by atoms with van der Waals surface area (Å²) in [5.41, 5.74) is 0.458. The second-order valence-electron chi connectivity index (χ2n) is 5.10. The molecule has 1 aromatic rings. The second kappa shape index (κ2) is 3.82. The molecular formula is C14H14FNO. The number of hydrogen-bond donors (Lipinski definition) is 0. The first-order chi connectivity index (χ1) is 8.22. The van der Waals surface area contributed by atoms with Gasteiger partial charge >= 0.3 is 0 Å². The lowest BCUT2D eigenvalue weighted by atomic mass is 9.71. The SMILES string of the molecule is N#CC1(Cc2cccc(F)c2)CC2CCC1O2. The van der Waals surface area contributed by atoms with E-state index >= 15 is 0 Å². The molecule has 2 nitrogen and oxygen atoms in total. The molecule has 0 aromatic heterocycles. The van der Waals surface area contributed by atoms with Gasteiger partial charge in [0.05, 0.1) is 23.7 Å². The molecule has 3 heteroatoms. The van der Waals surface area contributed by atoms with Crippen LogP contribution in [0, 0.1) is 22.6 Å². The fourth-order valence-corrected chi connectivity index (χ4v) is 3.15. The monoisotopic (exact) mass is 231 g/mol. The van der Waals surface area contributed by atoms with Gasteiger partial charge in [-0.2, -0.15) is 5.26 Å². The molecule has 88 valence electrons. The van der Waals surface area contributed by atoms with Crippen molar-refractivity contribution in [2.75, 3.05) is 0 Å². The van der Waals surface area contributed by atoms with Crippen molar-refractivity contribution in [3.8, 4) is 6.07 Å². The number of nitrogens with zero attached hydrogens (tertiary/aromatic N) is 1. The van der Waals surface area contributed by atoms with Crippen LogP contribution in [0.15, 0.2) is 24.3 Å². The van der Waals surface area contributed by atoms with Gasteiger partial charge in [0.25, 0.3) is 0 Å². The van der Waals surface area contributed by atoms with Crippen LogP contribution in [0.2, 0.25) is 0 Å². The van der Waals surface area contributed by atoms with Crippen LogP contribution in [0.3, 0.4) is 0 Å². The molecule has 0 N–H and O–H groups in total. The van der Waals surface area contributed by atoms with Gasteiger partial charge in [0, 0.05) is 0 Å². The Kier molecular flexibility index (Phi) is 2.41. The van der Waals surface area contributed by atoms with Crippen molar-refractivity contribution >= 4 is 0 Å². The molecule has 2 fully saturated rings. The number of rotatable bonds is 2. The third-order valence-electron chi connectivity index (χ3n) is 3.95. The van der Waals surface area contributed by atoms with Gasteiger partial charge < -0.3 is 4.74 Å². The molecule has 1 aromatic carbocycles. The predicted octanol–water partition coefficient (Wildman–Crippen LogP) is 2.83. The van der Waals surface area contributed by atoms with E-state index in [1.165, 1.54) is 12.1 Å². The van der Waals surface area contributed by atoms with Gasteiger partial charge in [-0.1, -0.05) is 12.1 Å². The summed E-state index contributed by atoms with van der Waals surface area (Å²) in [5.74, 6) is -0.236. The Labute approximate surface area is 100 Å². The van der Waals surface area contributed by atoms with Crippen LogP contribution in [0.1, 0.15) is 24.8 Å². The average Bonchev–Trinajstić information content (AvgIpc) is 2.89. The van der Waals surface area contributed by atoms with Gasteiger partial charge in [0.15, 0.2) is 0 Å². The van der Waals surface area contributed by atoms with E-state index in [1.807, 2.05) is 6.07 Å². The number of halogens is 1. The minimum atomic E-state index is -0.434. The smallest absolute Gasteiger partial charge is 0.123 e. The van der Waals surface area contributed by atoms with Crippen LogP contribution >= 0.6 is 0 Å². The molecule has 3 atom stereocenters. The van der Waals surface area contributed by atoms with Crippen LogP contribution in [-0.4, -0.2) is 12.2 Å². The highest BCUT2D eigenvalue weighted by molar-refractivity contribution is 5.23. The molecule has 0 amide bonds. The minimum Gasteiger partial charge on any atom is -0.373 e. The highest BCUT2D eigenvalue weighted by Gasteiger charge is 2.52. The molecule has 0 saturated carbocycles. The summed E-state index contributed by atoms with van der Waals surface area (Å²) < 4.78 is 18.9. The fourth-order valence-electron chi connectivity index (χ4n) is 3.15. The third-order valence-corrected chi connectivity index (χ3v) is 3.95. The van der Waals surface area contributed by atoms with E-state index < -0.39 is 5.41 Å². The topological polar surface area (TPSA) is 33.0 Å². The van der Waals surface area contributed by atoms with E-state index in [-0.39, 0.29) is 18.0 Å². The lowest BCUT2D eigenvalue weighted by molar-refractivity contribution is 0.0787. The molecule has 2 aliphatic heterocycles. The first-order valence-corrected chi connectivity index (χ1v) is 6.03. The number of fused-ring (bicyclic) bond motifs is 2. The molecule has 2 heterocycles. The van der Waals surface area contributed by atoms with E-state index in [0.717, 1.165) is 24.8 Å². The Morgan fingerprint density at radius 2 is 2.35 bits per heavy atom. The number of nitriles is 1. The zero-order valence-electron chi connectivity index (χ0n) is 9.53. The van der Waals surface area contributed by atoms with Gasteiger partial charge in [-0.3, -0.25) is 0 Å². The van der Waals surface area contributed by atoms with Crippen molar-refractivity contribution in [1.29, 1.82) is 5.26 Å². The van der Waals surface area contributed by atoms with Crippen molar-refractivity contribution in [3.63, 3.8) is 0 Å². The zero-order chi connectivity index (χ0) is 11.9. The zero-order valence-corrected chi connectivity index (χ0v) is 9.53. The highest BCUT2D eigenvalue weighted by atomic mass is 19.1. The van der Waals surface area contributed by atoms with Crippen molar-refractivity contribution in [3.05, 3.63) is 35.6 Å². The lowest BCUT2D eigenvalue weighted by Gasteiger charge is -2.28. The van der Waals surface area contributed by atoms with E-state index in [2.05, 4.69) is 6.07 Å². The summed E-state index contributed by atoms with van der Waals surface area (Å²) >= 11 is 0. The van der Waals surface area contributed by atoms with Gasteiger partial charge in [-0.05, 0) is 43.4 Å². The summed E-state index contributed by atoms with van der Waals surface area (Å²) in [6.45, 7) is 0. The largest absolute Gasteiger partial charge is 0.373 e. The van der Waals surface area contributed by atoms with Crippen molar-refractivity contribution in [1.82, 2.24) is 0 Å². The second-order valence-corrected chi connectivity index (χ2v) is 5.10. The molecule has 2 aliphatic rings. The first-order valence-electron chi connectivity index (χ1n) is 6.03. The maximum atomic E-state index is 13.1. The minimum absolute atomic E-state index is 0.0424. The van der Waals surface area contributed by atoms with Gasteiger partial charge in [0.1, 0.15) is 5.82 Å². The summed E-state index contributed by atoms with van der Waals surface area (Å²) in [6, 6.07) is 8.96. The van der Waals surface area contributed by atoms with Crippen molar-refractivity contribution in [2.24, 2.45) is 5.41 Å². The van der Waals surface area contributed by atoms with Crippen LogP contribution in [-0.2, 0) is 11.2 Å². The van der Waals surface area contributed by atoms with E-state index in [1.54, 1.807) is 6.07 Å². The summed E-state index contributed by atoms with van der Waals surface area (Å²) in [7, 11) is 0. The molecular weight excluding hydrogens is 217 g/mol. The van der Waals surface area contributed by atoms with Crippen LogP contribution in [0.5, 0.6) is 0 Å². The normalized spacial score (nSPS) is 34.8. The molecule has 2 saturated heterocycles. The van der Waals surface area contributed by atoms with E-state index in [0.29, 0.717) is 6.42 Å². The molecule has 3 rings (SSSR count). The molecule has 0 radical (unpaired) electrons. The maximum Gasteiger partial charge on any atom is 0.123 e. The first kappa shape index (κ1) is 10.7. The predicted molar refractivity (Wildman–Crippen MR) is 60.7 cm³/mol. The summed E-state index contributed by atoms with van der Waals surface area (Å²) in [5, 5.41) is 9.45. The van der Waals surface area contributed by atoms with Gasteiger partial charge in [-0.15, -0.1) is 0 Å². The number of hydrogen-bond acceptors (Lipinski definition) is 2. The molecule has 17 heavy (non-hydrogen) atoms. The van der Waals surface area contributed by atoms with Crippen LogP contribution < -0.4 is 0 Å². The Balaban J connectivity index is 1.86. The molecule has 0 aliphatic carbocycles. The van der Waals surface area contributed by atoms with Crippen LogP contribution in [0.25, 0.3) is 0 Å². The van der Waals surface area contributed by atoms with Crippen molar-refractivity contribution < 1.29 is 9.13 Å². The summed E-state index contributed by atoms with van der Waals surface area (Å²) in [6.07, 6.45) is 3.71. The lowest BCUT2D eigenvalue weighted by Crippen LogP contribution is -2.33.